The van der Waals surface area contributed by atoms with Gasteiger partial charge in [-0.1, -0.05) is 12.1 Å². The molecule has 186 valence electrons. The molecule has 1 aromatic carbocycles. The van der Waals surface area contributed by atoms with E-state index in [2.05, 4.69) is 9.97 Å². The molecule has 1 aliphatic rings. The van der Waals surface area contributed by atoms with Gasteiger partial charge >= 0.3 is 12.1 Å². The predicted molar refractivity (Wildman–Crippen MR) is 131 cm³/mol. The van der Waals surface area contributed by atoms with Crippen LogP contribution in [-0.4, -0.2) is 61.4 Å². The van der Waals surface area contributed by atoms with E-state index in [1.165, 1.54) is 6.33 Å². The van der Waals surface area contributed by atoms with Crippen molar-refractivity contribution in [3.8, 4) is 16.9 Å². The first kappa shape index (κ1) is 24.3. The standard InChI is InChI=1S/C25H31N5O5/c1-5-34-20(32)11-16-10-17(12-30(16)24(33)35-25(2,3)4)29-13-19(15-6-8-18(31)9-7-15)21-22(26)27-14-28-23(21)29/h6-9,13-14,16-17,31H,5,10-12H2,1-4H3,(H2,26,27,28)/t16-,17+/m1/s1. The number of rotatable bonds is 5. The summed E-state index contributed by atoms with van der Waals surface area (Å²) in [5.74, 6) is 0.134. The molecule has 3 aromatic rings. The number of carbonyl (C=O) groups excluding carboxylic acids is 2. The van der Waals surface area contributed by atoms with Crippen molar-refractivity contribution < 1.29 is 24.2 Å². The Morgan fingerprint density at radius 1 is 1.20 bits per heavy atom. The van der Waals surface area contributed by atoms with Crippen LogP contribution in [0.4, 0.5) is 10.6 Å². The first-order valence-corrected chi connectivity index (χ1v) is 11.6. The summed E-state index contributed by atoms with van der Waals surface area (Å²) in [6.45, 7) is 7.78. The lowest BCUT2D eigenvalue weighted by molar-refractivity contribution is -0.144. The molecule has 2 aromatic heterocycles. The van der Waals surface area contributed by atoms with Crippen molar-refractivity contribution in [3.05, 3.63) is 36.8 Å². The Hall–Kier alpha value is -3.82. The van der Waals surface area contributed by atoms with Gasteiger partial charge in [0.05, 0.1) is 24.5 Å². The maximum Gasteiger partial charge on any atom is 0.410 e. The summed E-state index contributed by atoms with van der Waals surface area (Å²) >= 11 is 0. The van der Waals surface area contributed by atoms with Crippen LogP contribution in [0, 0.1) is 0 Å². The largest absolute Gasteiger partial charge is 0.508 e. The molecule has 0 unspecified atom stereocenters. The molecule has 1 aliphatic heterocycles. The number of ether oxygens (including phenoxy) is 2. The van der Waals surface area contributed by atoms with Gasteiger partial charge in [0.1, 0.15) is 29.1 Å². The lowest BCUT2D eigenvalue weighted by Gasteiger charge is -2.28. The Labute approximate surface area is 203 Å². The second kappa shape index (κ2) is 9.44. The number of phenolic OH excluding ortho intramolecular Hbond substituents is 1. The molecule has 4 rings (SSSR count). The van der Waals surface area contributed by atoms with Gasteiger partial charge in [0.2, 0.25) is 0 Å². The number of nitrogens with two attached hydrogens (primary N) is 1. The molecule has 0 radical (unpaired) electrons. The average molecular weight is 482 g/mol. The third kappa shape index (κ3) is 5.16. The highest BCUT2D eigenvalue weighted by molar-refractivity contribution is 6.00. The first-order valence-electron chi connectivity index (χ1n) is 11.6. The summed E-state index contributed by atoms with van der Waals surface area (Å²) in [4.78, 5) is 35.6. The minimum absolute atomic E-state index is 0.0741. The lowest BCUT2D eigenvalue weighted by Crippen LogP contribution is -2.41. The van der Waals surface area contributed by atoms with Crippen LogP contribution in [0.1, 0.15) is 46.6 Å². The molecule has 1 amide bonds. The number of aromatic nitrogens is 3. The van der Waals surface area contributed by atoms with E-state index >= 15 is 0 Å². The van der Waals surface area contributed by atoms with E-state index < -0.39 is 11.7 Å². The molecule has 0 saturated carbocycles. The summed E-state index contributed by atoms with van der Waals surface area (Å²) in [6.07, 6.45) is 3.46. The third-order valence-electron chi connectivity index (χ3n) is 5.94. The Morgan fingerprint density at radius 2 is 1.91 bits per heavy atom. The van der Waals surface area contributed by atoms with Gasteiger partial charge in [-0.2, -0.15) is 0 Å². The quantitative estimate of drug-likeness (QED) is 0.525. The number of hydrogen-bond donors (Lipinski definition) is 2. The minimum atomic E-state index is -0.669. The first-order chi connectivity index (χ1) is 16.6. The Balaban J connectivity index is 1.73. The van der Waals surface area contributed by atoms with E-state index in [4.69, 9.17) is 15.2 Å². The molecular weight excluding hydrogens is 450 g/mol. The summed E-state index contributed by atoms with van der Waals surface area (Å²) in [5, 5.41) is 10.4. The summed E-state index contributed by atoms with van der Waals surface area (Å²) in [7, 11) is 0. The fourth-order valence-corrected chi connectivity index (χ4v) is 4.49. The van der Waals surface area contributed by atoms with Crippen LogP contribution < -0.4 is 5.73 Å². The van der Waals surface area contributed by atoms with Crippen LogP contribution in [0.25, 0.3) is 22.2 Å². The van der Waals surface area contributed by atoms with Gasteiger partial charge in [0.15, 0.2) is 0 Å². The number of hydrogen-bond acceptors (Lipinski definition) is 8. The van der Waals surface area contributed by atoms with Crippen LogP contribution in [0.3, 0.4) is 0 Å². The number of likely N-dealkylation sites (tertiary alicyclic amines) is 1. The summed E-state index contributed by atoms with van der Waals surface area (Å²) < 4.78 is 12.8. The minimum Gasteiger partial charge on any atom is -0.508 e. The van der Waals surface area contributed by atoms with Crippen LogP contribution >= 0.6 is 0 Å². The molecule has 0 aliphatic carbocycles. The fraction of sp³-hybridized carbons (Fsp3) is 0.440. The molecule has 3 heterocycles. The van der Waals surface area contributed by atoms with Crippen molar-refractivity contribution >= 4 is 28.9 Å². The second-order valence-electron chi connectivity index (χ2n) is 9.64. The molecular formula is C25H31N5O5. The van der Waals surface area contributed by atoms with Gasteiger partial charge in [-0.05, 0) is 51.8 Å². The normalized spacial score (nSPS) is 18.1. The third-order valence-corrected chi connectivity index (χ3v) is 5.94. The van der Waals surface area contributed by atoms with Gasteiger partial charge in [-0.3, -0.25) is 4.79 Å². The number of aromatic hydroxyl groups is 1. The molecule has 35 heavy (non-hydrogen) atoms. The maximum atomic E-state index is 13.0. The Kier molecular flexibility index (Phi) is 6.56. The Morgan fingerprint density at radius 3 is 2.57 bits per heavy atom. The van der Waals surface area contributed by atoms with E-state index in [0.717, 1.165) is 11.1 Å². The monoisotopic (exact) mass is 481 g/mol. The van der Waals surface area contributed by atoms with E-state index in [-0.39, 0.29) is 36.8 Å². The Bertz CT molecular complexity index is 1230. The van der Waals surface area contributed by atoms with E-state index in [9.17, 15) is 14.7 Å². The highest BCUT2D eigenvalue weighted by Crippen LogP contribution is 2.39. The summed E-state index contributed by atoms with van der Waals surface area (Å²) in [5.41, 5.74) is 7.87. The zero-order valence-corrected chi connectivity index (χ0v) is 20.4. The van der Waals surface area contributed by atoms with Crippen molar-refractivity contribution in [2.75, 3.05) is 18.9 Å². The maximum absolute atomic E-state index is 13.0. The van der Waals surface area contributed by atoms with E-state index in [1.54, 1.807) is 36.1 Å². The number of esters is 1. The fourth-order valence-electron chi connectivity index (χ4n) is 4.49. The molecule has 3 N–H and O–H groups in total. The molecule has 1 saturated heterocycles. The second-order valence-corrected chi connectivity index (χ2v) is 9.64. The topological polar surface area (TPSA) is 133 Å². The van der Waals surface area contributed by atoms with Crippen LogP contribution in [0.15, 0.2) is 36.8 Å². The molecule has 10 heteroatoms. The van der Waals surface area contributed by atoms with Crippen molar-refractivity contribution in [3.63, 3.8) is 0 Å². The van der Waals surface area contributed by atoms with E-state index in [1.807, 2.05) is 31.5 Å². The number of amides is 1. The molecule has 1 fully saturated rings. The van der Waals surface area contributed by atoms with Gasteiger partial charge in [-0.15, -0.1) is 0 Å². The molecule has 10 nitrogen and oxygen atoms in total. The zero-order chi connectivity index (χ0) is 25.3. The SMILES string of the molecule is CCOC(=O)C[C@H]1C[C@H](n2cc(-c3ccc(O)cc3)c3c(N)ncnc32)CN1C(=O)OC(C)(C)C. The van der Waals surface area contributed by atoms with Gasteiger partial charge in [0.25, 0.3) is 0 Å². The van der Waals surface area contributed by atoms with Crippen molar-refractivity contribution in [2.24, 2.45) is 0 Å². The van der Waals surface area contributed by atoms with Gasteiger partial charge < -0.3 is 29.8 Å². The number of benzene rings is 1. The predicted octanol–water partition coefficient (Wildman–Crippen LogP) is 3.89. The van der Waals surface area contributed by atoms with Crippen molar-refractivity contribution in [2.45, 2.75) is 58.2 Å². The van der Waals surface area contributed by atoms with Crippen molar-refractivity contribution in [1.82, 2.24) is 19.4 Å². The van der Waals surface area contributed by atoms with Crippen LogP contribution in [0.5, 0.6) is 5.75 Å². The van der Waals surface area contributed by atoms with E-state index in [0.29, 0.717) is 29.8 Å². The number of fused-ring (bicyclic) bond motifs is 1. The molecule has 0 bridgehead atoms. The number of phenols is 1. The van der Waals surface area contributed by atoms with Gasteiger partial charge in [0, 0.05) is 24.3 Å². The highest BCUT2D eigenvalue weighted by atomic mass is 16.6. The number of nitrogens with zero attached hydrogens (tertiary/aromatic N) is 4. The smallest absolute Gasteiger partial charge is 0.410 e. The number of carbonyl (C=O) groups is 2. The number of anilines is 1. The number of nitrogen functional groups attached to an aromatic ring is 1. The molecule has 2 atom stereocenters. The summed E-state index contributed by atoms with van der Waals surface area (Å²) in [6, 6.07) is 6.24. The van der Waals surface area contributed by atoms with Crippen LogP contribution in [-0.2, 0) is 14.3 Å². The zero-order valence-electron chi connectivity index (χ0n) is 20.4. The average Bonchev–Trinajstić information content (AvgIpc) is 3.36. The lowest BCUT2D eigenvalue weighted by atomic mass is 10.1. The van der Waals surface area contributed by atoms with Crippen molar-refractivity contribution in [1.29, 1.82) is 0 Å². The molecule has 0 spiro atoms. The highest BCUT2D eigenvalue weighted by Gasteiger charge is 2.40. The van der Waals surface area contributed by atoms with Crippen LogP contribution in [0.2, 0.25) is 0 Å². The van der Waals surface area contributed by atoms with Gasteiger partial charge in [-0.25, -0.2) is 14.8 Å².